The molecule has 226 valence electrons. The summed E-state index contributed by atoms with van der Waals surface area (Å²) >= 11 is 0. The Kier molecular flexibility index (Phi) is 7.76. The Bertz CT molecular complexity index is 1780. The van der Waals surface area contributed by atoms with Crippen molar-refractivity contribution in [2.45, 2.75) is 30.4 Å². The van der Waals surface area contributed by atoms with Gasteiger partial charge in [-0.05, 0) is 48.7 Å². The van der Waals surface area contributed by atoms with Gasteiger partial charge in [0.25, 0.3) is 0 Å². The van der Waals surface area contributed by atoms with Crippen LogP contribution in [0.25, 0.3) is 5.69 Å². The number of anilines is 2. The first kappa shape index (κ1) is 29.9. The zero-order chi connectivity index (χ0) is 30.4. The maximum atomic E-state index is 13.9. The molecule has 16 heteroatoms. The second-order valence-corrected chi connectivity index (χ2v) is 14.4. The topological polar surface area (TPSA) is 171 Å². The number of hydrogen-bond acceptors (Lipinski definition) is 9. The second-order valence-electron chi connectivity index (χ2n) is 10.9. The fraction of sp³-hybridized carbons (Fsp3) is 0.385. The highest BCUT2D eigenvalue weighted by atomic mass is 32.2. The molecular weight excluding hydrogens is 594 g/mol. The second kappa shape index (κ2) is 10.9. The number of rotatable bonds is 9. The first-order valence-corrected chi connectivity index (χ1v) is 16.2. The fourth-order valence-electron chi connectivity index (χ4n) is 4.62. The van der Waals surface area contributed by atoms with E-state index in [1.165, 1.54) is 22.6 Å². The Morgan fingerprint density at radius 2 is 1.64 bits per heavy atom. The van der Waals surface area contributed by atoms with Gasteiger partial charge in [0.2, 0.25) is 25.8 Å². The largest absolute Gasteiger partial charge is 0.486 e. The lowest BCUT2D eigenvalue weighted by atomic mass is 10.2. The van der Waals surface area contributed by atoms with Crippen molar-refractivity contribution >= 4 is 31.4 Å². The van der Waals surface area contributed by atoms with Crippen LogP contribution >= 0.6 is 0 Å². The molecule has 3 aromatic rings. The summed E-state index contributed by atoms with van der Waals surface area (Å²) < 4.78 is 85.8. The van der Waals surface area contributed by atoms with E-state index in [4.69, 9.17) is 15.6 Å². The minimum absolute atomic E-state index is 0.0481. The van der Waals surface area contributed by atoms with Crippen LogP contribution in [0.3, 0.4) is 0 Å². The third-order valence-corrected chi connectivity index (χ3v) is 10.2. The van der Waals surface area contributed by atoms with Crippen molar-refractivity contribution in [3.63, 3.8) is 0 Å². The summed E-state index contributed by atoms with van der Waals surface area (Å²) in [4.78, 5) is 15.0. The quantitative estimate of drug-likeness (QED) is 0.336. The molecule has 12 nitrogen and oxygen atoms in total. The van der Waals surface area contributed by atoms with Crippen molar-refractivity contribution in [2.75, 3.05) is 43.4 Å². The summed E-state index contributed by atoms with van der Waals surface area (Å²) in [6, 6.07) is 6.30. The highest BCUT2D eigenvalue weighted by molar-refractivity contribution is 7.89. The molecule has 0 amide bonds. The van der Waals surface area contributed by atoms with E-state index in [1.807, 2.05) is 6.92 Å². The minimum Gasteiger partial charge on any atom is -0.486 e. The maximum Gasteiger partial charge on any atom is 0.316 e. The normalized spacial score (nSPS) is 17.3. The molecule has 0 atom stereocenters. The number of aromatic nitrogens is 2. The van der Waals surface area contributed by atoms with Crippen molar-refractivity contribution < 1.29 is 30.4 Å². The summed E-state index contributed by atoms with van der Waals surface area (Å²) in [6.45, 7) is 2.73. The smallest absolute Gasteiger partial charge is 0.316 e. The van der Waals surface area contributed by atoms with E-state index in [1.54, 1.807) is 4.90 Å². The van der Waals surface area contributed by atoms with Gasteiger partial charge < -0.3 is 15.4 Å². The molecule has 1 saturated heterocycles. The number of nitrogens with two attached hydrogens (primary N) is 2. The molecular formula is C26H30F2N6O6S2. The zero-order valence-electron chi connectivity index (χ0n) is 22.7. The summed E-state index contributed by atoms with van der Waals surface area (Å²) in [6.07, 6.45) is 3.22. The molecule has 0 bridgehead atoms. The number of nitrogen functional groups attached to an aromatic ring is 1. The molecule has 2 fully saturated rings. The zero-order valence-corrected chi connectivity index (χ0v) is 24.3. The molecule has 1 aliphatic carbocycles. The van der Waals surface area contributed by atoms with Crippen molar-refractivity contribution in [2.24, 2.45) is 10.6 Å². The van der Waals surface area contributed by atoms with E-state index in [0.717, 1.165) is 35.7 Å². The lowest BCUT2D eigenvalue weighted by Crippen LogP contribution is -2.49. The predicted octanol–water partition coefficient (Wildman–Crippen LogP) is 1.57. The predicted molar refractivity (Wildman–Crippen MR) is 151 cm³/mol. The first-order valence-electron chi connectivity index (χ1n) is 13.0. The number of ether oxygens (including phenoxy) is 1. The van der Waals surface area contributed by atoms with Crippen LogP contribution in [0.4, 0.5) is 20.2 Å². The van der Waals surface area contributed by atoms with Gasteiger partial charge in [-0.15, -0.1) is 0 Å². The van der Waals surface area contributed by atoms with E-state index in [-0.39, 0.29) is 65.8 Å². The summed E-state index contributed by atoms with van der Waals surface area (Å²) in [7, 11) is -7.97. The highest BCUT2D eigenvalue weighted by Crippen LogP contribution is 2.45. The molecule has 2 aliphatic rings. The van der Waals surface area contributed by atoms with E-state index >= 15 is 0 Å². The van der Waals surface area contributed by atoms with Crippen molar-refractivity contribution in [3.05, 3.63) is 70.1 Å². The molecule has 0 radical (unpaired) electrons. The lowest BCUT2D eigenvalue weighted by molar-refractivity contribution is 0.242. The summed E-state index contributed by atoms with van der Waals surface area (Å²) in [5, 5.41) is 9.31. The molecule has 5 rings (SSSR count). The van der Waals surface area contributed by atoms with Gasteiger partial charge >= 0.3 is 5.56 Å². The van der Waals surface area contributed by atoms with Crippen LogP contribution in [0.1, 0.15) is 25.3 Å². The van der Waals surface area contributed by atoms with Gasteiger partial charge in [0.1, 0.15) is 17.3 Å². The van der Waals surface area contributed by atoms with Crippen LogP contribution in [0.2, 0.25) is 0 Å². The Balaban J connectivity index is 1.38. The Labute approximate surface area is 241 Å². The van der Waals surface area contributed by atoms with Crippen LogP contribution in [0.15, 0.2) is 52.3 Å². The van der Waals surface area contributed by atoms with E-state index < -0.39 is 43.0 Å². The molecule has 4 N–H and O–H groups in total. The standard InChI is InChI=1S/C26H30F2N6O6S2/c1-26(4-5-26)16-40-24-23(14-31-34(25(24)35)20-12-18(27)11-19(28)13-20)32-6-8-33(9-7-32)41(36,37)15-17-10-21(42(30,38)39)2-3-22(17)29/h2-3,10-14H,4-9,15-16,29H2,1H3,(H2,30,38,39). The Hall–Kier alpha value is -3.60. The number of primary sulfonamides is 1. The van der Waals surface area contributed by atoms with Crippen LogP contribution in [0.5, 0.6) is 5.75 Å². The average molecular weight is 625 g/mol. The van der Waals surface area contributed by atoms with E-state index in [0.29, 0.717) is 11.8 Å². The van der Waals surface area contributed by atoms with Gasteiger partial charge in [0.15, 0.2) is 0 Å². The number of hydrogen-bond donors (Lipinski definition) is 2. The number of nitrogens with zero attached hydrogens (tertiary/aromatic N) is 4. The molecule has 0 spiro atoms. The fourth-order valence-corrected chi connectivity index (χ4v) is 6.73. The number of piperazine rings is 1. The molecule has 0 unspecified atom stereocenters. The van der Waals surface area contributed by atoms with E-state index in [9.17, 15) is 30.4 Å². The van der Waals surface area contributed by atoms with Gasteiger partial charge in [-0.1, -0.05) is 6.92 Å². The average Bonchev–Trinajstić information content (AvgIpc) is 3.65. The Morgan fingerprint density at radius 1 is 1.00 bits per heavy atom. The van der Waals surface area contributed by atoms with Crippen molar-refractivity contribution in [1.29, 1.82) is 0 Å². The van der Waals surface area contributed by atoms with Gasteiger partial charge in [-0.25, -0.2) is 30.8 Å². The molecule has 2 aromatic carbocycles. The summed E-state index contributed by atoms with van der Waals surface area (Å²) in [5.74, 6) is -2.32. The van der Waals surface area contributed by atoms with Crippen molar-refractivity contribution in [3.8, 4) is 11.4 Å². The lowest BCUT2D eigenvalue weighted by Gasteiger charge is -2.36. The van der Waals surface area contributed by atoms with Crippen LogP contribution in [0, 0.1) is 17.0 Å². The molecule has 2 heterocycles. The van der Waals surface area contributed by atoms with Gasteiger partial charge in [0.05, 0.1) is 29.1 Å². The highest BCUT2D eigenvalue weighted by Gasteiger charge is 2.39. The van der Waals surface area contributed by atoms with Crippen LogP contribution in [-0.4, -0.2) is 63.7 Å². The molecule has 42 heavy (non-hydrogen) atoms. The number of halogens is 2. The van der Waals surface area contributed by atoms with Crippen LogP contribution < -0.4 is 26.1 Å². The SMILES string of the molecule is CC1(COc2c(N3CCN(S(=O)(=O)Cc4cc(S(N)(=O)=O)ccc4N)CC3)cnn(-c3cc(F)cc(F)c3)c2=O)CC1. The third-order valence-electron chi connectivity index (χ3n) is 7.43. The van der Waals surface area contributed by atoms with Crippen molar-refractivity contribution in [1.82, 2.24) is 14.1 Å². The minimum atomic E-state index is -4.06. The van der Waals surface area contributed by atoms with E-state index in [2.05, 4.69) is 5.10 Å². The molecule has 1 aromatic heterocycles. The monoisotopic (exact) mass is 624 g/mol. The van der Waals surface area contributed by atoms with Gasteiger partial charge in [-0.3, -0.25) is 4.79 Å². The van der Waals surface area contributed by atoms with Gasteiger partial charge in [-0.2, -0.15) is 14.1 Å². The number of sulfonamides is 2. The maximum absolute atomic E-state index is 13.9. The van der Waals surface area contributed by atoms with Gasteiger partial charge in [0, 0.05) is 43.3 Å². The summed E-state index contributed by atoms with van der Waals surface area (Å²) in [5.41, 5.74) is 5.57. The Morgan fingerprint density at radius 3 is 2.24 bits per heavy atom. The third kappa shape index (κ3) is 6.40. The number of benzene rings is 2. The van der Waals surface area contributed by atoms with Crippen LogP contribution in [-0.2, 0) is 25.8 Å². The molecule has 1 saturated carbocycles. The molecule has 1 aliphatic heterocycles. The first-order chi connectivity index (χ1) is 19.6.